The highest BCUT2D eigenvalue weighted by Crippen LogP contribution is 2.16. The summed E-state index contributed by atoms with van der Waals surface area (Å²) in [6, 6.07) is 13.7. The van der Waals surface area contributed by atoms with E-state index in [0.717, 1.165) is 11.1 Å². The van der Waals surface area contributed by atoms with Crippen LogP contribution in [0.25, 0.3) is 11.4 Å². The van der Waals surface area contributed by atoms with E-state index in [1.54, 1.807) is 36.4 Å². The first-order chi connectivity index (χ1) is 13.7. The quantitative estimate of drug-likeness (QED) is 0.582. The smallest absolute Gasteiger partial charge is 0.259 e. The Morgan fingerprint density at radius 2 is 1.93 bits per heavy atom. The molecule has 0 aliphatic carbocycles. The van der Waals surface area contributed by atoms with Gasteiger partial charge in [-0.3, -0.25) is 14.5 Å². The van der Waals surface area contributed by atoms with Crippen molar-refractivity contribution >= 4 is 11.6 Å². The first kappa shape index (κ1) is 17.5. The van der Waals surface area contributed by atoms with E-state index >= 15 is 0 Å². The monoisotopic (exact) mass is 370 g/mol. The number of benzene rings is 1. The molecule has 28 heavy (non-hydrogen) atoms. The number of pyridine rings is 1. The number of carbonyl (C=O) groups is 1. The summed E-state index contributed by atoms with van der Waals surface area (Å²) in [7, 11) is 0. The molecular formula is C21H18N6O. The van der Waals surface area contributed by atoms with E-state index in [0.29, 0.717) is 29.3 Å². The summed E-state index contributed by atoms with van der Waals surface area (Å²) in [5, 5.41) is 7.15. The third kappa shape index (κ3) is 3.93. The fraction of sp³-hybridized carbons (Fsp3) is 0.0952. The Kier molecular flexibility index (Phi) is 4.88. The maximum absolute atomic E-state index is 12.6. The number of anilines is 1. The number of hydrogen-bond donors (Lipinski definition) is 1. The van der Waals surface area contributed by atoms with Crippen LogP contribution in [0.2, 0.25) is 0 Å². The van der Waals surface area contributed by atoms with Crippen LogP contribution in [0.3, 0.4) is 0 Å². The van der Waals surface area contributed by atoms with Gasteiger partial charge in [-0.2, -0.15) is 5.10 Å². The van der Waals surface area contributed by atoms with E-state index in [1.165, 1.54) is 6.20 Å². The number of aromatic nitrogens is 5. The van der Waals surface area contributed by atoms with Crippen molar-refractivity contribution in [1.82, 2.24) is 24.7 Å². The van der Waals surface area contributed by atoms with Gasteiger partial charge in [-0.25, -0.2) is 9.97 Å². The highest BCUT2D eigenvalue weighted by Gasteiger charge is 2.14. The van der Waals surface area contributed by atoms with Gasteiger partial charge in [-0.1, -0.05) is 30.3 Å². The van der Waals surface area contributed by atoms with Crippen LogP contribution in [0.1, 0.15) is 21.6 Å². The molecule has 0 spiro atoms. The van der Waals surface area contributed by atoms with Gasteiger partial charge in [0.1, 0.15) is 0 Å². The van der Waals surface area contributed by atoms with Crippen LogP contribution in [-0.2, 0) is 6.54 Å². The molecule has 0 bridgehead atoms. The van der Waals surface area contributed by atoms with Crippen LogP contribution in [0.15, 0.2) is 73.4 Å². The number of amides is 1. The van der Waals surface area contributed by atoms with Gasteiger partial charge in [0, 0.05) is 30.4 Å². The summed E-state index contributed by atoms with van der Waals surface area (Å²) >= 11 is 0. The zero-order valence-corrected chi connectivity index (χ0v) is 15.3. The Morgan fingerprint density at radius 3 is 2.68 bits per heavy atom. The molecule has 7 heteroatoms. The first-order valence-electron chi connectivity index (χ1n) is 8.81. The van der Waals surface area contributed by atoms with Crippen LogP contribution >= 0.6 is 0 Å². The van der Waals surface area contributed by atoms with Crippen LogP contribution < -0.4 is 5.32 Å². The molecule has 3 heterocycles. The first-order valence-corrected chi connectivity index (χ1v) is 8.81. The lowest BCUT2D eigenvalue weighted by Crippen LogP contribution is -2.14. The van der Waals surface area contributed by atoms with Crippen molar-refractivity contribution in [2.45, 2.75) is 13.5 Å². The third-order valence-corrected chi connectivity index (χ3v) is 4.22. The number of carbonyl (C=O) groups excluding carboxylic acids is 1. The topological polar surface area (TPSA) is 85.6 Å². The van der Waals surface area contributed by atoms with Crippen molar-refractivity contribution in [1.29, 1.82) is 0 Å². The molecule has 4 rings (SSSR count). The molecule has 138 valence electrons. The lowest BCUT2D eigenvalue weighted by molar-refractivity contribution is 0.102. The fourth-order valence-corrected chi connectivity index (χ4v) is 2.81. The summed E-state index contributed by atoms with van der Waals surface area (Å²) in [6.45, 7) is 2.42. The van der Waals surface area contributed by atoms with Gasteiger partial charge in [0.25, 0.3) is 5.91 Å². The number of rotatable bonds is 5. The average molecular weight is 370 g/mol. The second kappa shape index (κ2) is 7.79. The van der Waals surface area contributed by atoms with E-state index in [4.69, 9.17) is 0 Å². The lowest BCUT2D eigenvalue weighted by atomic mass is 10.2. The molecule has 1 amide bonds. The van der Waals surface area contributed by atoms with Crippen LogP contribution in [0.4, 0.5) is 5.69 Å². The summed E-state index contributed by atoms with van der Waals surface area (Å²) < 4.78 is 1.78. The Balaban J connectivity index is 1.47. The maximum Gasteiger partial charge on any atom is 0.259 e. The Labute approximate surface area is 162 Å². The molecule has 3 aromatic heterocycles. The summed E-state index contributed by atoms with van der Waals surface area (Å²) in [6.07, 6.45) is 8.34. The molecule has 4 aromatic rings. The normalized spacial score (nSPS) is 10.6. The Morgan fingerprint density at radius 1 is 1.07 bits per heavy atom. The average Bonchev–Trinajstić information content (AvgIpc) is 3.16. The maximum atomic E-state index is 12.6. The van der Waals surface area contributed by atoms with Gasteiger partial charge >= 0.3 is 0 Å². The number of hydrogen-bond acceptors (Lipinski definition) is 5. The predicted molar refractivity (Wildman–Crippen MR) is 106 cm³/mol. The Hall–Kier alpha value is -3.87. The van der Waals surface area contributed by atoms with E-state index in [1.807, 2.05) is 42.5 Å². The number of nitrogens with zero attached hydrogens (tertiary/aromatic N) is 5. The van der Waals surface area contributed by atoms with Gasteiger partial charge < -0.3 is 5.32 Å². The second-order valence-electron chi connectivity index (χ2n) is 6.30. The largest absolute Gasteiger partial charge is 0.319 e. The minimum Gasteiger partial charge on any atom is -0.319 e. The zero-order valence-electron chi connectivity index (χ0n) is 15.3. The molecule has 0 saturated carbocycles. The van der Waals surface area contributed by atoms with Gasteiger partial charge in [-0.05, 0) is 24.6 Å². The number of nitrogens with one attached hydrogen (secondary N) is 1. The van der Waals surface area contributed by atoms with Gasteiger partial charge in [0.2, 0.25) is 0 Å². The summed E-state index contributed by atoms with van der Waals surface area (Å²) in [4.78, 5) is 25.4. The molecule has 1 N–H and O–H groups in total. The zero-order chi connectivity index (χ0) is 19.3. The minimum absolute atomic E-state index is 0.269. The fourth-order valence-electron chi connectivity index (χ4n) is 2.81. The molecule has 1 aromatic carbocycles. The van der Waals surface area contributed by atoms with Crippen molar-refractivity contribution in [3.63, 3.8) is 0 Å². The van der Waals surface area contributed by atoms with Crippen LogP contribution in [0.5, 0.6) is 0 Å². The summed E-state index contributed by atoms with van der Waals surface area (Å²) in [5.74, 6) is 0.271. The van der Waals surface area contributed by atoms with E-state index < -0.39 is 0 Å². The third-order valence-electron chi connectivity index (χ3n) is 4.22. The summed E-state index contributed by atoms with van der Waals surface area (Å²) in [5.41, 5.74) is 3.58. The van der Waals surface area contributed by atoms with Crippen molar-refractivity contribution in [3.05, 3.63) is 90.3 Å². The minimum atomic E-state index is -0.269. The van der Waals surface area contributed by atoms with Gasteiger partial charge in [0.15, 0.2) is 5.82 Å². The highest BCUT2D eigenvalue weighted by atomic mass is 16.1. The van der Waals surface area contributed by atoms with Crippen LogP contribution in [0, 0.1) is 6.92 Å². The van der Waals surface area contributed by atoms with Gasteiger partial charge in [0.05, 0.1) is 29.7 Å². The molecule has 0 fully saturated rings. The highest BCUT2D eigenvalue weighted by molar-refractivity contribution is 6.04. The SMILES string of the molecule is Cc1nc(-c2cccnc2)ncc1C(=O)Nc1cnn(Cc2ccccc2)c1. The molecule has 0 aliphatic rings. The van der Waals surface area contributed by atoms with Crippen LogP contribution in [-0.4, -0.2) is 30.6 Å². The van der Waals surface area contributed by atoms with Crippen molar-refractivity contribution in [2.75, 3.05) is 5.32 Å². The predicted octanol–water partition coefficient (Wildman–Crippen LogP) is 3.34. The lowest BCUT2D eigenvalue weighted by Gasteiger charge is -2.07. The van der Waals surface area contributed by atoms with E-state index in [2.05, 4.69) is 25.4 Å². The second-order valence-corrected chi connectivity index (χ2v) is 6.30. The molecule has 0 radical (unpaired) electrons. The molecule has 0 aliphatic heterocycles. The molecular weight excluding hydrogens is 352 g/mol. The molecule has 0 atom stereocenters. The van der Waals surface area contributed by atoms with Crippen molar-refractivity contribution in [3.8, 4) is 11.4 Å². The molecule has 0 saturated heterocycles. The molecule has 7 nitrogen and oxygen atoms in total. The van der Waals surface area contributed by atoms with Gasteiger partial charge in [-0.15, -0.1) is 0 Å². The molecule has 0 unspecified atom stereocenters. The van der Waals surface area contributed by atoms with E-state index in [-0.39, 0.29) is 5.91 Å². The van der Waals surface area contributed by atoms with E-state index in [9.17, 15) is 4.79 Å². The standard InChI is InChI=1S/C21H18N6O/c1-15-19(12-23-20(25-15)17-8-5-9-22-10-17)21(28)26-18-11-24-27(14-18)13-16-6-3-2-4-7-16/h2-12,14H,13H2,1H3,(H,26,28). The number of aryl methyl sites for hydroxylation is 1. The van der Waals surface area contributed by atoms with Crippen molar-refractivity contribution in [2.24, 2.45) is 0 Å². The van der Waals surface area contributed by atoms with Crippen molar-refractivity contribution < 1.29 is 4.79 Å². The Bertz CT molecular complexity index is 1090.